The topological polar surface area (TPSA) is 41.9 Å². The second kappa shape index (κ2) is 5.19. The van der Waals surface area contributed by atoms with E-state index in [1.54, 1.807) is 5.06 Å². The number of hydrogen-bond acceptors (Lipinski definition) is 4. The predicted molar refractivity (Wildman–Crippen MR) is 81.2 cm³/mol. The summed E-state index contributed by atoms with van der Waals surface area (Å²) in [4.78, 5) is 0. The first-order valence-electron chi connectivity index (χ1n) is 8.71. The number of hydroxylamine groups is 2. The SMILES string of the molecule is CCC1(CC)CC2(CC(C)(C)N1O)OC1CCCCC1O2. The van der Waals surface area contributed by atoms with E-state index in [1.165, 1.54) is 12.8 Å². The number of nitrogens with zero attached hydrogens (tertiary/aromatic N) is 1. The molecule has 3 rings (SSSR count). The van der Waals surface area contributed by atoms with Crippen molar-refractivity contribution in [3.8, 4) is 0 Å². The molecule has 0 amide bonds. The van der Waals surface area contributed by atoms with Crippen LogP contribution < -0.4 is 0 Å². The molecular formula is C17H31NO3. The Labute approximate surface area is 128 Å². The lowest BCUT2D eigenvalue weighted by molar-refractivity contribution is -0.328. The Bertz CT molecular complexity index is 377. The van der Waals surface area contributed by atoms with Crippen molar-refractivity contribution < 1.29 is 14.7 Å². The summed E-state index contributed by atoms with van der Waals surface area (Å²) >= 11 is 0. The molecule has 0 aromatic rings. The summed E-state index contributed by atoms with van der Waals surface area (Å²) in [5, 5.41) is 12.4. The first-order valence-corrected chi connectivity index (χ1v) is 8.71. The van der Waals surface area contributed by atoms with Crippen LogP contribution in [0.2, 0.25) is 0 Å². The normalized spacial score (nSPS) is 42.1. The minimum absolute atomic E-state index is 0.241. The largest absolute Gasteiger partial charge is 0.344 e. The maximum atomic E-state index is 10.8. The van der Waals surface area contributed by atoms with E-state index >= 15 is 0 Å². The van der Waals surface area contributed by atoms with E-state index in [0.29, 0.717) is 0 Å². The highest BCUT2D eigenvalue weighted by Gasteiger charge is 2.60. The van der Waals surface area contributed by atoms with Crippen molar-refractivity contribution in [2.45, 2.75) is 108 Å². The molecule has 2 unspecified atom stereocenters. The first kappa shape index (κ1) is 15.7. The zero-order valence-corrected chi connectivity index (χ0v) is 14.0. The molecule has 2 aliphatic heterocycles. The molecular weight excluding hydrogens is 266 g/mol. The van der Waals surface area contributed by atoms with E-state index in [9.17, 15) is 5.21 Å². The highest BCUT2D eigenvalue weighted by atomic mass is 16.8. The summed E-state index contributed by atoms with van der Waals surface area (Å²) in [5.74, 6) is -0.492. The zero-order valence-electron chi connectivity index (χ0n) is 14.0. The molecule has 4 nitrogen and oxygen atoms in total. The molecule has 21 heavy (non-hydrogen) atoms. The Morgan fingerprint density at radius 2 is 1.52 bits per heavy atom. The summed E-state index contributed by atoms with van der Waals surface area (Å²) < 4.78 is 13.0. The Balaban J connectivity index is 1.89. The van der Waals surface area contributed by atoms with Gasteiger partial charge in [-0.1, -0.05) is 26.7 Å². The summed E-state index contributed by atoms with van der Waals surface area (Å²) in [7, 11) is 0. The molecule has 2 saturated heterocycles. The highest BCUT2D eigenvalue weighted by molar-refractivity contribution is 5.06. The van der Waals surface area contributed by atoms with E-state index < -0.39 is 5.79 Å². The summed E-state index contributed by atoms with van der Waals surface area (Å²) in [5.41, 5.74) is -0.562. The fourth-order valence-electron chi connectivity index (χ4n) is 4.89. The van der Waals surface area contributed by atoms with Gasteiger partial charge >= 0.3 is 0 Å². The summed E-state index contributed by atoms with van der Waals surface area (Å²) in [6.07, 6.45) is 8.64. The van der Waals surface area contributed by atoms with Gasteiger partial charge < -0.3 is 14.7 Å². The maximum absolute atomic E-state index is 10.8. The molecule has 4 heteroatoms. The van der Waals surface area contributed by atoms with Crippen molar-refractivity contribution in [3.05, 3.63) is 0 Å². The van der Waals surface area contributed by atoms with Crippen molar-refractivity contribution in [1.29, 1.82) is 0 Å². The van der Waals surface area contributed by atoms with Crippen LogP contribution in [0.25, 0.3) is 0 Å². The van der Waals surface area contributed by atoms with Crippen molar-refractivity contribution in [2.75, 3.05) is 0 Å². The number of piperidine rings is 1. The molecule has 1 saturated carbocycles. The number of fused-ring (bicyclic) bond motifs is 1. The van der Waals surface area contributed by atoms with E-state index in [4.69, 9.17) is 9.47 Å². The molecule has 0 bridgehead atoms. The number of hydrogen-bond donors (Lipinski definition) is 1. The van der Waals surface area contributed by atoms with Gasteiger partial charge in [-0.25, -0.2) is 0 Å². The van der Waals surface area contributed by atoms with Crippen LogP contribution in [0.5, 0.6) is 0 Å². The molecule has 1 N–H and O–H groups in total. The Morgan fingerprint density at radius 1 is 1.00 bits per heavy atom. The molecule has 1 spiro atoms. The molecule has 122 valence electrons. The smallest absolute Gasteiger partial charge is 0.172 e. The first-order chi connectivity index (χ1) is 9.86. The molecule has 0 aromatic carbocycles. The number of ether oxygens (including phenoxy) is 2. The highest BCUT2D eigenvalue weighted by Crippen LogP contribution is 2.52. The molecule has 2 atom stereocenters. The number of rotatable bonds is 2. The van der Waals surface area contributed by atoms with Gasteiger partial charge in [0.2, 0.25) is 0 Å². The van der Waals surface area contributed by atoms with Crippen LogP contribution in [-0.4, -0.2) is 39.3 Å². The standard InChI is InChI=1S/C17H31NO3/c1-5-16(6-2)12-17(11-15(3,4)18(16)19)20-13-9-7-8-10-14(13)21-17/h13-14,19H,5-12H2,1-4H3. The lowest BCUT2D eigenvalue weighted by atomic mass is 9.73. The maximum Gasteiger partial charge on any atom is 0.172 e. The molecule has 2 heterocycles. The van der Waals surface area contributed by atoms with Gasteiger partial charge in [0, 0.05) is 18.4 Å². The molecule has 0 aromatic heterocycles. The van der Waals surface area contributed by atoms with Crippen molar-refractivity contribution in [3.63, 3.8) is 0 Å². The predicted octanol–water partition coefficient (Wildman–Crippen LogP) is 3.86. The van der Waals surface area contributed by atoms with Gasteiger partial charge in [-0.05, 0) is 39.5 Å². The second-order valence-corrected chi connectivity index (χ2v) is 7.92. The van der Waals surface area contributed by atoms with Crippen LogP contribution in [0.1, 0.15) is 79.1 Å². The Morgan fingerprint density at radius 3 is 2.00 bits per heavy atom. The van der Waals surface area contributed by atoms with Crippen molar-refractivity contribution in [2.24, 2.45) is 0 Å². The van der Waals surface area contributed by atoms with Crippen LogP contribution in [0.4, 0.5) is 0 Å². The van der Waals surface area contributed by atoms with E-state index in [2.05, 4.69) is 27.7 Å². The average molecular weight is 297 g/mol. The van der Waals surface area contributed by atoms with E-state index in [0.717, 1.165) is 38.5 Å². The minimum Gasteiger partial charge on any atom is -0.344 e. The lowest BCUT2D eigenvalue weighted by Gasteiger charge is -2.56. The van der Waals surface area contributed by atoms with E-state index in [1.807, 2.05) is 0 Å². The molecule has 3 fully saturated rings. The van der Waals surface area contributed by atoms with Gasteiger partial charge in [-0.15, -0.1) is 0 Å². The van der Waals surface area contributed by atoms with Gasteiger partial charge in [0.05, 0.1) is 17.7 Å². The van der Waals surface area contributed by atoms with Gasteiger partial charge in [-0.2, -0.15) is 5.06 Å². The summed E-state index contributed by atoms with van der Waals surface area (Å²) in [6.45, 7) is 8.51. The van der Waals surface area contributed by atoms with E-state index in [-0.39, 0.29) is 23.3 Å². The van der Waals surface area contributed by atoms with Crippen LogP contribution in [0.3, 0.4) is 0 Å². The zero-order chi connectivity index (χ0) is 15.3. The van der Waals surface area contributed by atoms with Crippen LogP contribution >= 0.6 is 0 Å². The average Bonchev–Trinajstić information content (AvgIpc) is 2.79. The third kappa shape index (κ3) is 2.44. The van der Waals surface area contributed by atoms with Gasteiger partial charge in [-0.3, -0.25) is 0 Å². The van der Waals surface area contributed by atoms with Crippen LogP contribution in [0.15, 0.2) is 0 Å². The van der Waals surface area contributed by atoms with Crippen molar-refractivity contribution >= 4 is 0 Å². The third-order valence-corrected chi connectivity index (χ3v) is 6.01. The molecule has 1 aliphatic carbocycles. The Hall–Kier alpha value is -0.160. The lowest BCUT2D eigenvalue weighted by Crippen LogP contribution is -2.66. The fraction of sp³-hybridized carbons (Fsp3) is 1.00. The second-order valence-electron chi connectivity index (χ2n) is 7.92. The quantitative estimate of drug-likeness (QED) is 0.840. The van der Waals surface area contributed by atoms with Gasteiger partial charge in [0.1, 0.15) is 0 Å². The van der Waals surface area contributed by atoms with Crippen LogP contribution in [-0.2, 0) is 9.47 Å². The third-order valence-electron chi connectivity index (χ3n) is 6.01. The summed E-state index contributed by atoms with van der Waals surface area (Å²) in [6, 6.07) is 0. The molecule has 3 aliphatic rings. The minimum atomic E-state index is -0.492. The Kier molecular flexibility index (Phi) is 3.89. The van der Waals surface area contributed by atoms with Crippen molar-refractivity contribution in [1.82, 2.24) is 5.06 Å². The van der Waals surface area contributed by atoms with Crippen LogP contribution in [0, 0.1) is 0 Å². The van der Waals surface area contributed by atoms with Gasteiger partial charge in [0.15, 0.2) is 5.79 Å². The van der Waals surface area contributed by atoms with Gasteiger partial charge in [0.25, 0.3) is 0 Å². The molecule has 0 radical (unpaired) electrons. The fourth-order valence-corrected chi connectivity index (χ4v) is 4.89. The monoisotopic (exact) mass is 297 g/mol.